The molecule has 5 rings (SSSR count). The fourth-order valence-corrected chi connectivity index (χ4v) is 3.98. The third-order valence-electron chi connectivity index (χ3n) is 5.77. The SMILES string of the molecule is COc1ccc(F)cc1C(=O)NCc1ccc(-c2ncc(-c3ccc(F)cn3)c3[nH]nc(N)c23)c(F)c1. The largest absolute Gasteiger partial charge is 0.496 e. The molecular weight excluding hydrogens is 485 g/mol. The van der Waals surface area contributed by atoms with Gasteiger partial charge in [-0.3, -0.25) is 19.9 Å². The Bertz CT molecular complexity index is 1640. The number of hydrogen-bond acceptors (Lipinski definition) is 6. The number of nitrogens with zero attached hydrogens (tertiary/aromatic N) is 3. The van der Waals surface area contributed by atoms with Gasteiger partial charge < -0.3 is 15.8 Å². The topological polar surface area (TPSA) is 119 Å². The van der Waals surface area contributed by atoms with Gasteiger partial charge >= 0.3 is 0 Å². The molecule has 11 heteroatoms. The molecule has 0 unspecified atom stereocenters. The number of carbonyl (C=O) groups is 1. The van der Waals surface area contributed by atoms with Gasteiger partial charge in [0.05, 0.1) is 41.2 Å². The standard InChI is InChI=1S/C26H19F3N6O2/c1-37-21-7-4-14(27)9-17(21)26(36)33-10-13-2-5-16(19(29)8-13)23-22-24(34-35-25(22)30)18(12-32-23)20-6-3-15(28)11-31-20/h2-9,11-12H,10H2,1H3,(H,33,36)(H3,30,34,35). The Kier molecular flexibility index (Phi) is 6.18. The number of aromatic nitrogens is 4. The van der Waals surface area contributed by atoms with Crippen LogP contribution < -0.4 is 15.8 Å². The number of rotatable bonds is 6. The molecule has 0 radical (unpaired) electrons. The molecule has 0 saturated heterocycles. The van der Waals surface area contributed by atoms with Crippen LogP contribution in [0.3, 0.4) is 0 Å². The molecule has 1 amide bonds. The van der Waals surface area contributed by atoms with Gasteiger partial charge in [0.2, 0.25) is 0 Å². The molecule has 3 heterocycles. The van der Waals surface area contributed by atoms with Crippen molar-refractivity contribution in [1.29, 1.82) is 0 Å². The van der Waals surface area contributed by atoms with Gasteiger partial charge in [-0.05, 0) is 48.0 Å². The first-order chi connectivity index (χ1) is 17.9. The van der Waals surface area contributed by atoms with E-state index in [1.54, 1.807) is 6.07 Å². The quantitative estimate of drug-likeness (QED) is 0.310. The number of nitrogens with two attached hydrogens (primary N) is 1. The maximum absolute atomic E-state index is 15.2. The van der Waals surface area contributed by atoms with Crippen LogP contribution in [0.15, 0.2) is 60.9 Å². The second kappa shape index (κ2) is 9.61. The monoisotopic (exact) mass is 504 g/mol. The van der Waals surface area contributed by atoms with Gasteiger partial charge in [0.25, 0.3) is 5.91 Å². The minimum Gasteiger partial charge on any atom is -0.496 e. The lowest BCUT2D eigenvalue weighted by atomic mass is 10.0. The van der Waals surface area contributed by atoms with Crippen molar-refractivity contribution in [2.24, 2.45) is 0 Å². The van der Waals surface area contributed by atoms with Gasteiger partial charge in [-0.25, -0.2) is 13.2 Å². The fourth-order valence-electron chi connectivity index (χ4n) is 3.98. The maximum Gasteiger partial charge on any atom is 0.255 e. The van der Waals surface area contributed by atoms with E-state index >= 15 is 4.39 Å². The summed E-state index contributed by atoms with van der Waals surface area (Å²) >= 11 is 0. The van der Waals surface area contributed by atoms with Crippen LogP contribution in [0.1, 0.15) is 15.9 Å². The van der Waals surface area contributed by atoms with Crippen LogP contribution in [0.4, 0.5) is 19.0 Å². The van der Waals surface area contributed by atoms with Crippen LogP contribution in [0.5, 0.6) is 5.75 Å². The summed E-state index contributed by atoms with van der Waals surface area (Å²) in [7, 11) is 1.37. The van der Waals surface area contributed by atoms with E-state index in [1.807, 2.05) is 0 Å². The highest BCUT2D eigenvalue weighted by molar-refractivity contribution is 6.05. The van der Waals surface area contributed by atoms with Gasteiger partial charge in [-0.1, -0.05) is 6.07 Å². The zero-order chi connectivity index (χ0) is 26.1. The minimum absolute atomic E-state index is 0.0123. The van der Waals surface area contributed by atoms with E-state index in [-0.39, 0.29) is 34.9 Å². The van der Waals surface area contributed by atoms with Gasteiger partial charge in [-0.2, -0.15) is 5.10 Å². The van der Waals surface area contributed by atoms with E-state index in [4.69, 9.17) is 10.5 Å². The Balaban J connectivity index is 1.43. The molecule has 0 saturated carbocycles. The van der Waals surface area contributed by atoms with Gasteiger partial charge in [-0.15, -0.1) is 0 Å². The van der Waals surface area contributed by atoms with Crippen molar-refractivity contribution in [1.82, 2.24) is 25.5 Å². The summed E-state index contributed by atoms with van der Waals surface area (Å²) in [6.07, 6.45) is 2.56. The molecule has 0 fully saturated rings. The third kappa shape index (κ3) is 4.54. The Morgan fingerprint density at radius 1 is 1.00 bits per heavy atom. The third-order valence-corrected chi connectivity index (χ3v) is 5.77. The number of H-pyrrole nitrogens is 1. The molecule has 4 N–H and O–H groups in total. The van der Waals surface area contributed by atoms with Crippen LogP contribution in [0.2, 0.25) is 0 Å². The molecule has 0 atom stereocenters. The molecule has 0 aliphatic heterocycles. The van der Waals surface area contributed by atoms with Crippen molar-refractivity contribution < 1.29 is 22.7 Å². The van der Waals surface area contributed by atoms with E-state index in [0.717, 1.165) is 12.3 Å². The molecule has 186 valence electrons. The molecule has 37 heavy (non-hydrogen) atoms. The fraction of sp³-hybridized carbons (Fsp3) is 0.0769. The maximum atomic E-state index is 15.2. The summed E-state index contributed by atoms with van der Waals surface area (Å²) in [6.45, 7) is -0.0123. The molecule has 0 spiro atoms. The lowest BCUT2D eigenvalue weighted by Gasteiger charge is -2.11. The molecular formula is C26H19F3N6O2. The van der Waals surface area contributed by atoms with E-state index in [1.165, 1.54) is 49.7 Å². The lowest BCUT2D eigenvalue weighted by molar-refractivity contribution is 0.0947. The first-order valence-electron chi connectivity index (χ1n) is 11.0. The number of ether oxygens (including phenoxy) is 1. The molecule has 3 aromatic heterocycles. The number of pyridine rings is 2. The number of benzene rings is 2. The Hall–Kier alpha value is -4.93. The molecule has 0 bridgehead atoms. The number of nitrogens with one attached hydrogen (secondary N) is 2. The van der Waals surface area contributed by atoms with E-state index in [2.05, 4.69) is 25.5 Å². The predicted molar refractivity (Wildman–Crippen MR) is 131 cm³/mol. The highest BCUT2D eigenvalue weighted by atomic mass is 19.1. The van der Waals surface area contributed by atoms with E-state index in [0.29, 0.717) is 27.7 Å². The smallest absolute Gasteiger partial charge is 0.255 e. The second-order valence-corrected chi connectivity index (χ2v) is 8.08. The summed E-state index contributed by atoms with van der Waals surface area (Å²) in [6, 6.07) is 10.8. The molecule has 8 nitrogen and oxygen atoms in total. The van der Waals surface area contributed by atoms with Crippen molar-refractivity contribution in [3.05, 3.63) is 89.5 Å². The lowest BCUT2D eigenvalue weighted by Crippen LogP contribution is -2.23. The van der Waals surface area contributed by atoms with Crippen molar-refractivity contribution >= 4 is 22.6 Å². The number of hydrogen-bond donors (Lipinski definition) is 3. The number of halogens is 3. The Morgan fingerprint density at radius 3 is 2.54 bits per heavy atom. The zero-order valence-corrected chi connectivity index (χ0v) is 19.3. The highest BCUT2D eigenvalue weighted by Crippen LogP contribution is 2.36. The first-order valence-corrected chi connectivity index (χ1v) is 11.0. The molecule has 0 aliphatic carbocycles. The number of carbonyl (C=O) groups excluding carboxylic acids is 1. The summed E-state index contributed by atoms with van der Waals surface area (Å²) in [5.74, 6) is -1.91. The number of aromatic amines is 1. The molecule has 0 aliphatic rings. The number of fused-ring (bicyclic) bond motifs is 1. The van der Waals surface area contributed by atoms with Crippen LogP contribution in [0, 0.1) is 17.5 Å². The zero-order valence-electron chi connectivity index (χ0n) is 19.3. The number of anilines is 1. The summed E-state index contributed by atoms with van der Waals surface area (Å²) in [5, 5.41) is 9.87. The van der Waals surface area contributed by atoms with E-state index < -0.39 is 23.4 Å². The predicted octanol–water partition coefficient (Wildman–Crippen LogP) is 4.63. The number of amides is 1. The Labute approximate surface area is 208 Å². The highest BCUT2D eigenvalue weighted by Gasteiger charge is 2.20. The Morgan fingerprint density at radius 2 is 1.81 bits per heavy atom. The van der Waals surface area contributed by atoms with Crippen LogP contribution in [-0.2, 0) is 6.54 Å². The summed E-state index contributed by atoms with van der Waals surface area (Å²) in [4.78, 5) is 21.0. The van der Waals surface area contributed by atoms with Crippen molar-refractivity contribution in [3.63, 3.8) is 0 Å². The van der Waals surface area contributed by atoms with Crippen LogP contribution in [0.25, 0.3) is 33.4 Å². The van der Waals surface area contributed by atoms with Crippen molar-refractivity contribution in [2.75, 3.05) is 12.8 Å². The molecule has 2 aromatic carbocycles. The van der Waals surface area contributed by atoms with Gasteiger partial charge in [0.15, 0.2) is 5.82 Å². The normalized spacial score (nSPS) is 11.0. The first kappa shape index (κ1) is 23.8. The number of nitrogen functional groups attached to an aromatic ring is 1. The molecule has 5 aromatic rings. The van der Waals surface area contributed by atoms with Crippen molar-refractivity contribution in [3.8, 4) is 28.3 Å². The van der Waals surface area contributed by atoms with E-state index in [9.17, 15) is 13.6 Å². The van der Waals surface area contributed by atoms with Gasteiger partial charge in [0.1, 0.15) is 23.2 Å². The average molecular weight is 504 g/mol. The summed E-state index contributed by atoms with van der Waals surface area (Å²) < 4.78 is 47.3. The number of methoxy groups -OCH3 is 1. The average Bonchev–Trinajstić information content (AvgIpc) is 3.29. The van der Waals surface area contributed by atoms with Crippen LogP contribution in [-0.4, -0.2) is 33.2 Å². The second-order valence-electron chi connectivity index (χ2n) is 8.08. The summed E-state index contributed by atoms with van der Waals surface area (Å²) in [5.41, 5.74) is 8.42. The minimum atomic E-state index is -0.600. The van der Waals surface area contributed by atoms with Crippen LogP contribution >= 0.6 is 0 Å². The van der Waals surface area contributed by atoms with Crippen molar-refractivity contribution in [2.45, 2.75) is 6.54 Å². The van der Waals surface area contributed by atoms with Gasteiger partial charge in [0, 0.05) is 23.9 Å².